The molecule has 26 heavy (non-hydrogen) atoms. The van der Waals surface area contributed by atoms with E-state index in [1.165, 1.54) is 11.9 Å². The van der Waals surface area contributed by atoms with Crippen LogP contribution in [0.3, 0.4) is 0 Å². The smallest absolute Gasteiger partial charge is 0.244 e. The van der Waals surface area contributed by atoms with Gasteiger partial charge in [0.2, 0.25) is 17.5 Å². The second kappa shape index (κ2) is 6.09. The number of fused-ring (bicyclic) bond motifs is 1. The minimum absolute atomic E-state index is 0.114. The minimum atomic E-state index is -1.13. The van der Waals surface area contributed by atoms with Crippen molar-refractivity contribution in [3.63, 3.8) is 0 Å². The number of halogens is 2. The number of nitrogens with zero attached hydrogens (tertiary/aromatic N) is 2. The van der Waals surface area contributed by atoms with Crippen molar-refractivity contribution < 1.29 is 23.0 Å². The molecule has 0 radical (unpaired) electrons. The fraction of sp³-hybridized carbons (Fsp3) is 0.263. The number of para-hydroxylation sites is 1. The lowest BCUT2D eigenvalue weighted by Crippen LogP contribution is -2.48. The number of benzene rings is 2. The van der Waals surface area contributed by atoms with Crippen molar-refractivity contribution in [3.8, 4) is 5.75 Å². The summed E-state index contributed by atoms with van der Waals surface area (Å²) in [5.74, 6) is -1.04. The number of amides is 1. The maximum Gasteiger partial charge on any atom is 0.244 e. The molecule has 2 aromatic carbocycles. The van der Waals surface area contributed by atoms with E-state index in [0.29, 0.717) is 25.2 Å². The Bertz CT molecular complexity index is 915. The lowest BCUT2D eigenvalue weighted by molar-refractivity contribution is -0.148. The number of hydrogen-bond acceptors (Lipinski definition) is 4. The fourth-order valence-electron chi connectivity index (χ4n) is 3.32. The molecular weight excluding hydrogens is 342 g/mol. The molecule has 134 valence electrons. The quantitative estimate of drug-likeness (QED) is 0.787. The van der Waals surface area contributed by atoms with Crippen LogP contribution in [0.4, 0.5) is 8.78 Å². The Labute approximate surface area is 148 Å². The van der Waals surface area contributed by atoms with E-state index in [-0.39, 0.29) is 17.4 Å². The van der Waals surface area contributed by atoms with Crippen molar-refractivity contribution in [2.45, 2.75) is 25.5 Å². The minimum Gasteiger partial charge on any atom is -0.493 e. The Kier molecular flexibility index (Phi) is 3.86. The summed E-state index contributed by atoms with van der Waals surface area (Å²) in [6.45, 7) is 1.66. The van der Waals surface area contributed by atoms with Crippen LogP contribution in [0, 0.1) is 11.6 Å². The van der Waals surface area contributed by atoms with Gasteiger partial charge >= 0.3 is 0 Å². The van der Waals surface area contributed by atoms with Crippen molar-refractivity contribution in [2.24, 2.45) is 5.10 Å². The number of ether oxygens (including phenoxy) is 2. The molecule has 0 saturated carbocycles. The van der Waals surface area contributed by atoms with Crippen LogP contribution in [0.2, 0.25) is 0 Å². The zero-order valence-electron chi connectivity index (χ0n) is 14.0. The highest BCUT2D eigenvalue weighted by atomic mass is 19.1. The molecule has 1 spiro atoms. The first-order valence-corrected chi connectivity index (χ1v) is 8.23. The van der Waals surface area contributed by atoms with Crippen LogP contribution in [0.15, 0.2) is 47.6 Å². The molecule has 0 saturated heterocycles. The van der Waals surface area contributed by atoms with Gasteiger partial charge in [-0.2, -0.15) is 5.01 Å². The predicted molar refractivity (Wildman–Crippen MR) is 89.5 cm³/mol. The molecule has 2 aliphatic heterocycles. The average Bonchev–Trinajstić information content (AvgIpc) is 2.87. The third-order valence-electron chi connectivity index (χ3n) is 4.51. The summed E-state index contributed by atoms with van der Waals surface area (Å²) < 4.78 is 39.5. The summed E-state index contributed by atoms with van der Waals surface area (Å²) in [4.78, 5) is 12.2. The second-order valence-electron chi connectivity index (χ2n) is 6.29. The van der Waals surface area contributed by atoms with Crippen molar-refractivity contribution in [3.05, 3.63) is 65.2 Å². The van der Waals surface area contributed by atoms with Crippen molar-refractivity contribution in [1.82, 2.24) is 5.01 Å². The Morgan fingerprint density at radius 3 is 2.85 bits per heavy atom. The molecule has 0 aromatic heterocycles. The van der Waals surface area contributed by atoms with Crippen LogP contribution in [-0.4, -0.2) is 29.1 Å². The molecule has 5 nitrogen and oxygen atoms in total. The number of hydrazone groups is 1. The zero-order valence-corrected chi connectivity index (χ0v) is 14.0. The van der Waals surface area contributed by atoms with Crippen LogP contribution < -0.4 is 4.74 Å². The van der Waals surface area contributed by atoms with Crippen LogP contribution in [0.5, 0.6) is 5.75 Å². The van der Waals surface area contributed by atoms with Crippen molar-refractivity contribution >= 4 is 11.8 Å². The molecule has 0 fully saturated rings. The maximum atomic E-state index is 14.2. The highest BCUT2D eigenvalue weighted by Crippen LogP contribution is 2.38. The van der Waals surface area contributed by atoms with Crippen LogP contribution >= 0.6 is 0 Å². The normalized spacial score (nSPS) is 21.5. The van der Waals surface area contributed by atoms with Crippen LogP contribution in [0.1, 0.15) is 24.5 Å². The summed E-state index contributed by atoms with van der Waals surface area (Å²) in [5.41, 5.74) is -0.397. The number of carbonyl (C=O) groups is 1. The molecule has 1 amide bonds. The Morgan fingerprint density at radius 1 is 1.23 bits per heavy atom. The Hall–Kier alpha value is -2.96. The number of rotatable bonds is 1. The van der Waals surface area contributed by atoms with Gasteiger partial charge in [0, 0.05) is 25.3 Å². The fourth-order valence-corrected chi connectivity index (χ4v) is 3.32. The van der Waals surface area contributed by atoms with E-state index in [9.17, 15) is 13.6 Å². The number of hydrogen-bond donors (Lipinski definition) is 0. The third kappa shape index (κ3) is 2.69. The molecule has 0 N–H and O–H groups in total. The maximum absolute atomic E-state index is 14.2. The molecule has 7 heteroatoms. The summed E-state index contributed by atoms with van der Waals surface area (Å²) in [7, 11) is 0. The Morgan fingerprint density at radius 2 is 2.04 bits per heavy atom. The predicted octanol–water partition coefficient (Wildman–Crippen LogP) is 3.23. The van der Waals surface area contributed by atoms with E-state index < -0.39 is 17.4 Å². The molecule has 4 rings (SSSR count). The lowest BCUT2D eigenvalue weighted by Gasteiger charge is -2.33. The zero-order chi connectivity index (χ0) is 18.3. The van der Waals surface area contributed by atoms with Crippen molar-refractivity contribution in [2.75, 3.05) is 6.61 Å². The van der Waals surface area contributed by atoms with Crippen molar-refractivity contribution in [1.29, 1.82) is 0 Å². The van der Waals surface area contributed by atoms with Gasteiger partial charge in [0.1, 0.15) is 17.4 Å². The summed E-state index contributed by atoms with van der Waals surface area (Å²) in [6.07, 6.45) is 0.665. The number of carbonyl (C=O) groups excluding carboxylic acids is 1. The summed E-state index contributed by atoms with van der Waals surface area (Å²) in [5, 5.41) is 5.37. The molecule has 1 atom stereocenters. The average molecular weight is 358 g/mol. The Balaban J connectivity index is 1.76. The topological polar surface area (TPSA) is 51.1 Å². The molecule has 0 bridgehead atoms. The largest absolute Gasteiger partial charge is 0.493 e. The van der Waals surface area contributed by atoms with Gasteiger partial charge in [0.25, 0.3) is 0 Å². The van der Waals surface area contributed by atoms with Gasteiger partial charge in [-0.05, 0) is 24.3 Å². The van der Waals surface area contributed by atoms with Gasteiger partial charge in [0.05, 0.1) is 12.2 Å². The van der Waals surface area contributed by atoms with Gasteiger partial charge in [-0.1, -0.05) is 18.2 Å². The van der Waals surface area contributed by atoms with E-state index in [4.69, 9.17) is 9.47 Å². The molecular formula is C19H16F2N2O3. The monoisotopic (exact) mass is 358 g/mol. The van der Waals surface area contributed by atoms with E-state index in [1.54, 1.807) is 0 Å². The first kappa shape index (κ1) is 16.5. The SMILES string of the molecule is CC(=O)N1N=C(c2cc(F)ccc2F)OC12CCOc1ccccc1C2. The molecule has 2 aromatic rings. The van der Waals surface area contributed by atoms with E-state index in [2.05, 4.69) is 5.10 Å². The summed E-state index contributed by atoms with van der Waals surface area (Å²) in [6, 6.07) is 10.5. The molecule has 0 aliphatic carbocycles. The first-order valence-electron chi connectivity index (χ1n) is 8.23. The van der Waals surface area contributed by atoms with E-state index >= 15 is 0 Å². The first-order chi connectivity index (χ1) is 12.5. The standard InChI is InChI=1S/C19H16F2N2O3/c1-12(24)23-19(8-9-25-17-5-3-2-4-13(17)11-19)26-18(22-23)15-10-14(20)6-7-16(15)21/h2-7,10H,8-9,11H2,1H3. The molecule has 2 heterocycles. The highest BCUT2D eigenvalue weighted by molar-refractivity contribution is 5.97. The third-order valence-corrected chi connectivity index (χ3v) is 4.51. The van der Waals surface area contributed by atoms with Gasteiger partial charge in [-0.3, -0.25) is 4.79 Å². The van der Waals surface area contributed by atoms with E-state index in [1.807, 2.05) is 24.3 Å². The molecule has 2 aliphatic rings. The van der Waals surface area contributed by atoms with Crippen LogP contribution in [-0.2, 0) is 16.0 Å². The van der Waals surface area contributed by atoms with Gasteiger partial charge in [-0.25, -0.2) is 8.78 Å². The van der Waals surface area contributed by atoms with E-state index in [0.717, 1.165) is 23.8 Å². The molecule has 1 unspecified atom stereocenters. The van der Waals surface area contributed by atoms with Gasteiger partial charge in [-0.15, -0.1) is 5.10 Å². The van der Waals surface area contributed by atoms with Gasteiger partial charge < -0.3 is 9.47 Å². The second-order valence-corrected chi connectivity index (χ2v) is 6.29. The highest BCUT2D eigenvalue weighted by Gasteiger charge is 2.49. The van der Waals surface area contributed by atoms with Gasteiger partial charge in [0.15, 0.2) is 0 Å². The lowest BCUT2D eigenvalue weighted by atomic mass is 9.99. The van der Waals surface area contributed by atoms with Crippen LogP contribution in [0.25, 0.3) is 0 Å². The summed E-state index contributed by atoms with van der Waals surface area (Å²) >= 11 is 0.